The molecule has 186 valence electrons. The van der Waals surface area contributed by atoms with E-state index in [0.717, 1.165) is 12.1 Å². The first kappa shape index (κ1) is 26.6. The first-order chi connectivity index (χ1) is 16.4. The average Bonchev–Trinajstić information content (AvgIpc) is 2.73. The van der Waals surface area contributed by atoms with E-state index in [1.165, 1.54) is 42.5 Å². The Bertz CT molecular complexity index is 1200. The number of carbonyl (C=O) groups excluding carboxylic acids is 1. The molecule has 0 saturated heterocycles. The molecule has 0 radical (unpaired) electrons. The highest BCUT2D eigenvalue weighted by Crippen LogP contribution is 2.42. The molecule has 0 unspecified atom stereocenters. The van der Waals surface area contributed by atoms with Crippen molar-refractivity contribution in [3.05, 3.63) is 81.6 Å². The Morgan fingerprint density at radius 3 is 2.29 bits per heavy atom. The molecule has 0 aromatic heterocycles. The monoisotopic (exact) mass is 532 g/mol. The molecular weight excluding hydrogens is 515 g/mol. The van der Waals surface area contributed by atoms with Crippen LogP contribution in [0.4, 0.5) is 28.0 Å². The summed E-state index contributed by atoms with van der Waals surface area (Å²) in [5.74, 6) is -1.14. The maximum absolute atomic E-state index is 14.0. The summed E-state index contributed by atoms with van der Waals surface area (Å²) in [7, 11) is 0. The van der Waals surface area contributed by atoms with E-state index in [9.17, 15) is 22.4 Å². The van der Waals surface area contributed by atoms with Crippen molar-refractivity contribution in [2.45, 2.75) is 25.6 Å². The topological polar surface area (TPSA) is 90.8 Å². The minimum atomic E-state index is -4.92. The van der Waals surface area contributed by atoms with Crippen LogP contribution < -0.4 is 15.4 Å². The predicted octanol–water partition coefficient (Wildman–Crippen LogP) is 5.87. The largest absolute Gasteiger partial charge is 0.573 e. The number of aliphatic hydroxyl groups excluding tert-OH is 1. The Morgan fingerprint density at radius 1 is 1.03 bits per heavy atom. The number of halogens is 6. The SMILES string of the molecule is O=C(NCc1ccc(CC(O)O)c(F)c1)Nc1cc(Cl)c(-c2ccccc2OC(F)(F)F)c(Cl)c1. The summed E-state index contributed by atoms with van der Waals surface area (Å²) in [5.41, 5.74) is 0.785. The third kappa shape index (κ3) is 7.46. The third-order valence-electron chi connectivity index (χ3n) is 4.66. The number of rotatable bonds is 7. The van der Waals surface area contributed by atoms with Crippen LogP contribution in [0.15, 0.2) is 54.6 Å². The van der Waals surface area contributed by atoms with E-state index in [4.69, 9.17) is 33.4 Å². The van der Waals surface area contributed by atoms with Crippen LogP contribution >= 0.6 is 23.2 Å². The van der Waals surface area contributed by atoms with E-state index in [1.807, 2.05) is 0 Å². The number of benzene rings is 3. The molecule has 0 atom stereocenters. The summed E-state index contributed by atoms with van der Waals surface area (Å²) >= 11 is 12.5. The maximum atomic E-state index is 14.0. The van der Waals surface area contributed by atoms with Crippen LogP contribution in [-0.2, 0) is 13.0 Å². The number of alkyl halides is 3. The number of hydrogen-bond donors (Lipinski definition) is 4. The van der Waals surface area contributed by atoms with E-state index < -0.39 is 30.3 Å². The highest BCUT2D eigenvalue weighted by molar-refractivity contribution is 6.40. The molecule has 0 bridgehead atoms. The van der Waals surface area contributed by atoms with Crippen LogP contribution in [-0.4, -0.2) is 28.9 Å². The Labute approximate surface area is 207 Å². The number of amides is 2. The van der Waals surface area contributed by atoms with Crippen LogP contribution in [0.25, 0.3) is 11.1 Å². The zero-order valence-corrected chi connectivity index (χ0v) is 19.2. The minimum Gasteiger partial charge on any atom is -0.405 e. The molecule has 4 N–H and O–H groups in total. The second-order valence-corrected chi connectivity index (χ2v) is 8.09. The van der Waals surface area contributed by atoms with E-state index >= 15 is 0 Å². The van der Waals surface area contributed by atoms with Gasteiger partial charge in [0.1, 0.15) is 11.6 Å². The molecule has 0 fully saturated rings. The predicted molar refractivity (Wildman–Crippen MR) is 123 cm³/mol. The van der Waals surface area contributed by atoms with Crippen molar-refractivity contribution >= 4 is 34.9 Å². The average molecular weight is 533 g/mol. The lowest BCUT2D eigenvalue weighted by molar-refractivity contribution is -0.274. The lowest BCUT2D eigenvalue weighted by atomic mass is 10.0. The van der Waals surface area contributed by atoms with Crippen molar-refractivity contribution < 1.29 is 37.3 Å². The van der Waals surface area contributed by atoms with Gasteiger partial charge in [-0.05, 0) is 35.4 Å². The number of hydrogen-bond acceptors (Lipinski definition) is 4. The van der Waals surface area contributed by atoms with Crippen LogP contribution in [0.2, 0.25) is 10.0 Å². The number of nitrogens with one attached hydrogen (secondary N) is 2. The smallest absolute Gasteiger partial charge is 0.405 e. The van der Waals surface area contributed by atoms with Crippen molar-refractivity contribution in [2.24, 2.45) is 0 Å². The molecule has 0 heterocycles. The number of ether oxygens (including phenoxy) is 1. The number of carbonyl (C=O) groups is 1. The van der Waals surface area contributed by atoms with Gasteiger partial charge in [0.25, 0.3) is 0 Å². The summed E-state index contributed by atoms with van der Waals surface area (Å²) in [6.07, 6.45) is -6.88. The molecule has 3 rings (SSSR count). The number of para-hydroxylation sites is 1. The van der Waals surface area contributed by atoms with Crippen molar-refractivity contribution in [3.63, 3.8) is 0 Å². The van der Waals surface area contributed by atoms with Crippen molar-refractivity contribution in [3.8, 4) is 16.9 Å². The Kier molecular flexibility index (Phi) is 8.44. The molecule has 0 aliphatic carbocycles. The molecule has 0 aliphatic rings. The van der Waals surface area contributed by atoms with E-state index in [0.29, 0.717) is 5.56 Å². The second kappa shape index (κ2) is 11.1. The first-order valence-corrected chi connectivity index (χ1v) is 10.7. The van der Waals surface area contributed by atoms with E-state index in [-0.39, 0.29) is 45.4 Å². The zero-order chi connectivity index (χ0) is 25.8. The van der Waals surface area contributed by atoms with Crippen molar-refractivity contribution in [2.75, 3.05) is 5.32 Å². The van der Waals surface area contributed by atoms with Crippen LogP contribution in [0, 0.1) is 5.82 Å². The molecular formula is C23H18Cl2F4N2O4. The molecule has 12 heteroatoms. The van der Waals surface area contributed by atoms with Gasteiger partial charge < -0.3 is 25.6 Å². The molecule has 35 heavy (non-hydrogen) atoms. The van der Waals surface area contributed by atoms with Gasteiger partial charge in [0.15, 0.2) is 6.29 Å². The van der Waals surface area contributed by atoms with Crippen LogP contribution in [0.3, 0.4) is 0 Å². The van der Waals surface area contributed by atoms with Gasteiger partial charge in [-0.1, -0.05) is 53.5 Å². The Balaban J connectivity index is 1.71. The summed E-state index contributed by atoms with van der Waals surface area (Å²) < 4.78 is 56.3. The van der Waals surface area contributed by atoms with Crippen LogP contribution in [0.1, 0.15) is 11.1 Å². The van der Waals surface area contributed by atoms with E-state index in [1.54, 1.807) is 0 Å². The summed E-state index contributed by atoms with van der Waals surface area (Å²) in [5, 5.41) is 22.8. The minimum absolute atomic E-state index is 0.00927. The van der Waals surface area contributed by atoms with Gasteiger partial charge in [0, 0.05) is 29.8 Å². The molecule has 6 nitrogen and oxygen atoms in total. The standard InChI is InChI=1S/C23H18Cl2F4N2O4/c24-16-9-14(10-17(25)21(16)15-3-1-2-4-19(15)35-23(27,28)29)31-22(34)30-11-12-5-6-13(8-20(32)33)18(26)7-12/h1-7,9-10,20,32-33H,8,11H2,(H2,30,31,34). The molecule has 0 aliphatic heterocycles. The molecule has 0 spiro atoms. The summed E-state index contributed by atoms with van der Waals surface area (Å²) in [6, 6.07) is 11.3. The molecule has 3 aromatic carbocycles. The Morgan fingerprint density at radius 2 is 1.69 bits per heavy atom. The molecule has 2 amide bonds. The normalized spacial score (nSPS) is 11.5. The number of urea groups is 1. The van der Waals surface area contributed by atoms with Crippen LogP contribution in [0.5, 0.6) is 5.75 Å². The maximum Gasteiger partial charge on any atom is 0.573 e. The third-order valence-corrected chi connectivity index (χ3v) is 5.25. The lowest BCUT2D eigenvalue weighted by Crippen LogP contribution is -2.28. The van der Waals surface area contributed by atoms with Gasteiger partial charge in [-0.2, -0.15) is 0 Å². The van der Waals surface area contributed by atoms with Gasteiger partial charge in [-0.15, -0.1) is 13.2 Å². The van der Waals surface area contributed by atoms with Crippen molar-refractivity contribution in [1.29, 1.82) is 0 Å². The zero-order valence-electron chi connectivity index (χ0n) is 17.7. The van der Waals surface area contributed by atoms with Crippen molar-refractivity contribution in [1.82, 2.24) is 5.32 Å². The lowest BCUT2D eigenvalue weighted by Gasteiger charge is -2.16. The first-order valence-electron chi connectivity index (χ1n) is 9.95. The van der Waals surface area contributed by atoms with Gasteiger partial charge in [-0.25, -0.2) is 9.18 Å². The quantitative estimate of drug-likeness (QED) is 0.226. The van der Waals surface area contributed by atoms with Gasteiger partial charge >= 0.3 is 12.4 Å². The molecule has 3 aromatic rings. The summed E-state index contributed by atoms with van der Waals surface area (Å²) in [6.45, 7) is -0.0492. The van der Waals surface area contributed by atoms with Gasteiger partial charge in [-0.3, -0.25) is 0 Å². The molecule has 0 saturated carbocycles. The number of aliphatic hydroxyl groups is 2. The highest BCUT2D eigenvalue weighted by atomic mass is 35.5. The fourth-order valence-electron chi connectivity index (χ4n) is 3.21. The fraction of sp³-hybridized carbons (Fsp3) is 0.174. The highest BCUT2D eigenvalue weighted by Gasteiger charge is 2.32. The Hall–Kier alpha value is -3.05. The van der Waals surface area contributed by atoms with Gasteiger partial charge in [0.05, 0.1) is 10.0 Å². The fourth-order valence-corrected chi connectivity index (χ4v) is 3.90. The van der Waals surface area contributed by atoms with Gasteiger partial charge in [0.2, 0.25) is 0 Å². The number of anilines is 1. The van der Waals surface area contributed by atoms with E-state index in [2.05, 4.69) is 15.4 Å². The second-order valence-electron chi connectivity index (χ2n) is 7.28. The summed E-state index contributed by atoms with van der Waals surface area (Å²) in [4.78, 5) is 12.3.